The van der Waals surface area contributed by atoms with Gasteiger partial charge in [0.1, 0.15) is 5.82 Å². The molecule has 2 heterocycles. The first-order chi connectivity index (χ1) is 10.2. The van der Waals surface area contributed by atoms with Crippen molar-refractivity contribution in [3.8, 4) is 11.4 Å². The quantitative estimate of drug-likeness (QED) is 0.913. The molecule has 112 valence electrons. The third-order valence-corrected chi connectivity index (χ3v) is 4.20. The summed E-state index contributed by atoms with van der Waals surface area (Å²) in [5.74, 6) is 1.10. The van der Waals surface area contributed by atoms with Gasteiger partial charge in [-0.05, 0) is 37.4 Å². The maximum Gasteiger partial charge on any atom is 0.245 e. The van der Waals surface area contributed by atoms with Crippen LogP contribution in [0.1, 0.15) is 12.8 Å². The molecule has 0 radical (unpaired) electrons. The SMILES string of the molecule is NCC1CCCN(c2n[nH]c(-c3cccc(F)c3Cl)n2)C1. The van der Waals surface area contributed by atoms with Crippen LogP contribution in [0.25, 0.3) is 11.4 Å². The Morgan fingerprint density at radius 3 is 3.14 bits per heavy atom. The van der Waals surface area contributed by atoms with Gasteiger partial charge in [-0.2, -0.15) is 4.98 Å². The van der Waals surface area contributed by atoms with Gasteiger partial charge < -0.3 is 10.6 Å². The molecule has 2 aromatic rings. The number of aromatic amines is 1. The van der Waals surface area contributed by atoms with Crippen LogP contribution in [-0.4, -0.2) is 34.8 Å². The van der Waals surface area contributed by atoms with Gasteiger partial charge in [-0.1, -0.05) is 17.7 Å². The van der Waals surface area contributed by atoms with Crippen molar-refractivity contribution in [1.82, 2.24) is 15.2 Å². The molecule has 1 fully saturated rings. The maximum absolute atomic E-state index is 13.5. The third-order valence-electron chi connectivity index (χ3n) is 3.82. The molecule has 0 bridgehead atoms. The lowest BCUT2D eigenvalue weighted by atomic mass is 9.99. The number of halogens is 2. The number of nitrogens with two attached hydrogens (primary N) is 1. The van der Waals surface area contributed by atoms with Crippen molar-refractivity contribution in [3.63, 3.8) is 0 Å². The summed E-state index contributed by atoms with van der Waals surface area (Å²) in [7, 11) is 0. The normalized spacial score (nSPS) is 19.0. The minimum Gasteiger partial charge on any atom is -0.339 e. The second-order valence-electron chi connectivity index (χ2n) is 5.28. The summed E-state index contributed by atoms with van der Waals surface area (Å²) in [6.07, 6.45) is 2.21. The Labute approximate surface area is 127 Å². The molecule has 7 heteroatoms. The summed E-state index contributed by atoms with van der Waals surface area (Å²) in [5, 5.41) is 7.11. The summed E-state index contributed by atoms with van der Waals surface area (Å²) in [4.78, 5) is 6.55. The molecule has 5 nitrogen and oxygen atoms in total. The molecular formula is C14H17ClFN5. The van der Waals surface area contributed by atoms with E-state index < -0.39 is 5.82 Å². The average Bonchev–Trinajstić information content (AvgIpc) is 3.00. The van der Waals surface area contributed by atoms with E-state index in [1.807, 2.05) is 0 Å². The lowest BCUT2D eigenvalue weighted by Crippen LogP contribution is -2.38. The van der Waals surface area contributed by atoms with Gasteiger partial charge in [0.15, 0.2) is 5.82 Å². The Morgan fingerprint density at radius 2 is 2.33 bits per heavy atom. The number of benzene rings is 1. The standard InChI is InChI=1S/C14H17ClFN5/c15-12-10(4-1-5-11(12)16)13-18-14(20-19-13)21-6-2-3-9(7-17)8-21/h1,4-5,9H,2-3,6-8,17H2,(H,18,19,20). The Kier molecular flexibility index (Phi) is 4.07. The highest BCUT2D eigenvalue weighted by Gasteiger charge is 2.22. The van der Waals surface area contributed by atoms with Crippen LogP contribution in [0.4, 0.5) is 10.3 Å². The van der Waals surface area contributed by atoms with Crippen LogP contribution in [0.2, 0.25) is 5.02 Å². The molecule has 1 aromatic carbocycles. The molecular weight excluding hydrogens is 293 g/mol. The molecule has 3 rings (SSSR count). The average molecular weight is 310 g/mol. The third kappa shape index (κ3) is 2.87. The molecule has 1 aliphatic heterocycles. The van der Waals surface area contributed by atoms with Crippen molar-refractivity contribution in [2.24, 2.45) is 11.7 Å². The van der Waals surface area contributed by atoms with E-state index in [1.54, 1.807) is 12.1 Å². The smallest absolute Gasteiger partial charge is 0.245 e. The molecule has 0 saturated carbocycles. The number of rotatable bonds is 3. The second-order valence-corrected chi connectivity index (χ2v) is 5.65. The highest BCUT2D eigenvalue weighted by Crippen LogP contribution is 2.29. The Balaban J connectivity index is 1.85. The van der Waals surface area contributed by atoms with Gasteiger partial charge in [-0.25, -0.2) is 4.39 Å². The van der Waals surface area contributed by atoms with Crippen molar-refractivity contribution in [2.75, 3.05) is 24.5 Å². The fourth-order valence-electron chi connectivity index (χ4n) is 2.64. The molecule has 1 saturated heterocycles. The van der Waals surface area contributed by atoms with Crippen LogP contribution in [0.3, 0.4) is 0 Å². The number of nitrogens with one attached hydrogen (secondary N) is 1. The van der Waals surface area contributed by atoms with Gasteiger partial charge >= 0.3 is 0 Å². The predicted octanol–water partition coefficient (Wildman–Crippen LogP) is 2.44. The van der Waals surface area contributed by atoms with Gasteiger partial charge in [0.05, 0.1) is 5.02 Å². The van der Waals surface area contributed by atoms with E-state index in [0.717, 1.165) is 25.9 Å². The van der Waals surface area contributed by atoms with E-state index >= 15 is 0 Å². The molecule has 0 spiro atoms. The first-order valence-corrected chi connectivity index (χ1v) is 7.38. The highest BCUT2D eigenvalue weighted by molar-refractivity contribution is 6.33. The zero-order valence-electron chi connectivity index (χ0n) is 11.5. The number of hydrogen-bond acceptors (Lipinski definition) is 4. The number of nitrogens with zero attached hydrogens (tertiary/aromatic N) is 3. The zero-order chi connectivity index (χ0) is 14.8. The molecule has 1 unspecified atom stereocenters. The van der Waals surface area contributed by atoms with Crippen LogP contribution < -0.4 is 10.6 Å². The van der Waals surface area contributed by atoms with Gasteiger partial charge in [-0.15, -0.1) is 5.10 Å². The first kappa shape index (κ1) is 14.3. The summed E-state index contributed by atoms with van der Waals surface area (Å²) in [6.45, 7) is 2.43. The number of aromatic nitrogens is 3. The van der Waals surface area contributed by atoms with Gasteiger partial charge in [0, 0.05) is 18.7 Å². The van der Waals surface area contributed by atoms with Gasteiger partial charge in [0.2, 0.25) is 5.95 Å². The Hall–Kier alpha value is -1.66. The first-order valence-electron chi connectivity index (χ1n) is 7.01. The molecule has 1 aromatic heterocycles. The topological polar surface area (TPSA) is 70.8 Å². The van der Waals surface area contributed by atoms with Crippen LogP contribution in [-0.2, 0) is 0 Å². The minimum atomic E-state index is -0.465. The van der Waals surface area contributed by atoms with E-state index in [1.165, 1.54) is 6.07 Å². The molecule has 1 atom stereocenters. The molecule has 21 heavy (non-hydrogen) atoms. The summed E-state index contributed by atoms with van der Waals surface area (Å²) in [6, 6.07) is 4.64. The molecule has 1 aliphatic rings. The number of H-pyrrole nitrogens is 1. The van der Waals surface area contributed by atoms with Crippen LogP contribution >= 0.6 is 11.6 Å². The molecule has 3 N–H and O–H groups in total. The van der Waals surface area contributed by atoms with Crippen molar-refractivity contribution in [3.05, 3.63) is 29.0 Å². The Morgan fingerprint density at radius 1 is 1.48 bits per heavy atom. The fourth-order valence-corrected chi connectivity index (χ4v) is 2.86. The number of anilines is 1. The van der Waals surface area contributed by atoms with E-state index in [9.17, 15) is 4.39 Å². The second kappa shape index (κ2) is 5.99. The monoisotopic (exact) mass is 309 g/mol. The van der Waals surface area contributed by atoms with E-state index in [-0.39, 0.29) is 5.02 Å². The van der Waals surface area contributed by atoms with Gasteiger partial charge in [-0.3, -0.25) is 5.10 Å². The van der Waals surface area contributed by atoms with Gasteiger partial charge in [0.25, 0.3) is 0 Å². The Bertz CT molecular complexity index is 630. The summed E-state index contributed by atoms with van der Waals surface area (Å²) >= 11 is 5.98. The van der Waals surface area contributed by atoms with E-state index in [2.05, 4.69) is 20.1 Å². The summed E-state index contributed by atoms with van der Waals surface area (Å²) < 4.78 is 13.5. The van der Waals surface area contributed by atoms with E-state index in [4.69, 9.17) is 17.3 Å². The van der Waals surface area contributed by atoms with Crippen molar-refractivity contribution in [1.29, 1.82) is 0 Å². The zero-order valence-corrected chi connectivity index (χ0v) is 12.3. The fraction of sp³-hybridized carbons (Fsp3) is 0.429. The lowest BCUT2D eigenvalue weighted by Gasteiger charge is -2.31. The molecule has 0 aliphatic carbocycles. The van der Waals surface area contributed by atoms with Crippen molar-refractivity contribution >= 4 is 17.5 Å². The lowest BCUT2D eigenvalue weighted by molar-refractivity contribution is 0.420. The van der Waals surface area contributed by atoms with Crippen LogP contribution in [0.15, 0.2) is 18.2 Å². The van der Waals surface area contributed by atoms with Crippen molar-refractivity contribution < 1.29 is 4.39 Å². The highest BCUT2D eigenvalue weighted by atomic mass is 35.5. The minimum absolute atomic E-state index is 0.0543. The van der Waals surface area contributed by atoms with Crippen molar-refractivity contribution in [2.45, 2.75) is 12.8 Å². The van der Waals surface area contributed by atoms with Crippen LogP contribution in [0.5, 0.6) is 0 Å². The van der Waals surface area contributed by atoms with Crippen LogP contribution in [0, 0.1) is 11.7 Å². The maximum atomic E-state index is 13.5. The summed E-state index contributed by atoms with van der Waals surface area (Å²) in [5.41, 5.74) is 6.26. The van der Waals surface area contributed by atoms with E-state index in [0.29, 0.717) is 29.8 Å². The number of hydrogen-bond donors (Lipinski definition) is 2. The number of piperidine rings is 1. The predicted molar refractivity (Wildman–Crippen MR) is 80.8 cm³/mol. The largest absolute Gasteiger partial charge is 0.339 e. The molecule has 0 amide bonds.